The zero-order valence-electron chi connectivity index (χ0n) is 17.1. The van der Waals surface area contributed by atoms with Crippen LogP contribution < -0.4 is 9.47 Å². The predicted octanol–water partition coefficient (Wildman–Crippen LogP) is 5.13. The molecule has 0 saturated carbocycles. The molecule has 0 fully saturated rings. The molecule has 0 aliphatic rings. The van der Waals surface area contributed by atoms with Gasteiger partial charge in [0.2, 0.25) is 0 Å². The summed E-state index contributed by atoms with van der Waals surface area (Å²) in [5, 5.41) is 3.73. The zero-order chi connectivity index (χ0) is 21.6. The second kappa shape index (κ2) is 9.40. The predicted molar refractivity (Wildman–Crippen MR) is 121 cm³/mol. The van der Waals surface area contributed by atoms with Crippen LogP contribution in [0.3, 0.4) is 0 Å². The van der Waals surface area contributed by atoms with Crippen LogP contribution >= 0.6 is 11.3 Å². The van der Waals surface area contributed by atoms with Gasteiger partial charge in [-0.1, -0.05) is 24.3 Å². The number of aromatic nitrogens is 2. The number of hydrogen-bond acceptors (Lipinski definition) is 7. The van der Waals surface area contributed by atoms with E-state index in [0.717, 1.165) is 21.5 Å². The van der Waals surface area contributed by atoms with Crippen LogP contribution in [-0.4, -0.2) is 30.2 Å². The molecule has 6 nitrogen and oxygen atoms in total. The molecule has 156 valence electrons. The number of benzene rings is 2. The summed E-state index contributed by atoms with van der Waals surface area (Å²) in [4.78, 5) is 21.1. The van der Waals surface area contributed by atoms with Crippen molar-refractivity contribution in [3.05, 3.63) is 77.4 Å². The van der Waals surface area contributed by atoms with Crippen LogP contribution in [0.5, 0.6) is 11.5 Å². The average Bonchev–Trinajstić information content (AvgIpc) is 3.30. The molecule has 0 aliphatic carbocycles. The Morgan fingerprint density at radius 1 is 1.00 bits per heavy atom. The van der Waals surface area contributed by atoms with Crippen molar-refractivity contribution in [2.45, 2.75) is 6.61 Å². The maximum Gasteiger partial charge on any atom is 0.331 e. The Hall–Kier alpha value is -3.71. The van der Waals surface area contributed by atoms with E-state index in [1.807, 2.05) is 60.0 Å². The van der Waals surface area contributed by atoms with Crippen molar-refractivity contribution in [3.8, 4) is 22.1 Å². The van der Waals surface area contributed by atoms with Crippen molar-refractivity contribution in [2.24, 2.45) is 0 Å². The van der Waals surface area contributed by atoms with E-state index in [0.29, 0.717) is 22.9 Å². The number of thiazole rings is 1. The number of hydrogen-bond donors (Lipinski definition) is 0. The normalized spacial score (nSPS) is 11.0. The summed E-state index contributed by atoms with van der Waals surface area (Å²) in [6.45, 7) is 0.0953. The first-order chi connectivity index (χ1) is 15.2. The molecule has 2 aromatic heterocycles. The number of pyridine rings is 1. The van der Waals surface area contributed by atoms with Gasteiger partial charge in [-0.2, -0.15) is 0 Å². The van der Waals surface area contributed by atoms with E-state index in [4.69, 9.17) is 14.2 Å². The first-order valence-corrected chi connectivity index (χ1v) is 10.4. The van der Waals surface area contributed by atoms with Crippen LogP contribution in [0.4, 0.5) is 0 Å². The summed E-state index contributed by atoms with van der Waals surface area (Å²) in [6, 6.07) is 17.3. The molecule has 2 aromatic carbocycles. The molecule has 0 saturated heterocycles. The summed E-state index contributed by atoms with van der Waals surface area (Å²) in [6.07, 6.45) is 3.02. The number of para-hydroxylation sites is 1. The third-order valence-electron chi connectivity index (χ3n) is 4.55. The smallest absolute Gasteiger partial charge is 0.331 e. The van der Waals surface area contributed by atoms with E-state index in [1.165, 1.54) is 17.4 Å². The van der Waals surface area contributed by atoms with Gasteiger partial charge in [-0.15, -0.1) is 11.3 Å². The topological polar surface area (TPSA) is 70.5 Å². The van der Waals surface area contributed by atoms with Gasteiger partial charge in [-0.25, -0.2) is 14.8 Å². The SMILES string of the molecule is COc1ccc(-c2nc(COC(=O)/C=C/c3ccc4ccccc4n3)cs2)cc1OC. The van der Waals surface area contributed by atoms with Gasteiger partial charge in [0.25, 0.3) is 0 Å². The molecule has 31 heavy (non-hydrogen) atoms. The van der Waals surface area contributed by atoms with Crippen LogP contribution in [0.25, 0.3) is 27.6 Å². The Bertz CT molecular complexity index is 1250. The third kappa shape index (κ3) is 4.90. The number of rotatable bonds is 7. The number of nitrogens with zero attached hydrogens (tertiary/aromatic N) is 2. The molecule has 0 radical (unpaired) electrons. The lowest BCUT2D eigenvalue weighted by Gasteiger charge is -2.08. The van der Waals surface area contributed by atoms with E-state index in [9.17, 15) is 4.79 Å². The first kappa shape index (κ1) is 20.6. The molecule has 0 aliphatic heterocycles. The lowest BCUT2D eigenvalue weighted by molar-refractivity contribution is -0.139. The summed E-state index contributed by atoms with van der Waals surface area (Å²) >= 11 is 1.47. The molecule has 0 atom stereocenters. The molecule has 0 unspecified atom stereocenters. The van der Waals surface area contributed by atoms with Gasteiger partial charge in [-0.05, 0) is 36.4 Å². The maximum absolute atomic E-state index is 12.1. The minimum absolute atomic E-state index is 0.0953. The van der Waals surface area contributed by atoms with Gasteiger partial charge in [0.1, 0.15) is 11.6 Å². The van der Waals surface area contributed by atoms with Gasteiger partial charge in [0, 0.05) is 22.4 Å². The Labute approximate surface area is 183 Å². The number of fused-ring (bicyclic) bond motifs is 1. The largest absolute Gasteiger partial charge is 0.493 e. The van der Waals surface area contributed by atoms with Gasteiger partial charge in [0.05, 0.1) is 31.1 Å². The van der Waals surface area contributed by atoms with Gasteiger partial charge < -0.3 is 14.2 Å². The van der Waals surface area contributed by atoms with Crippen molar-refractivity contribution < 1.29 is 19.0 Å². The fourth-order valence-electron chi connectivity index (χ4n) is 3.00. The highest BCUT2D eigenvalue weighted by molar-refractivity contribution is 7.13. The van der Waals surface area contributed by atoms with E-state index < -0.39 is 5.97 Å². The van der Waals surface area contributed by atoms with Crippen LogP contribution in [-0.2, 0) is 16.1 Å². The molecular weight excluding hydrogens is 412 g/mol. The third-order valence-corrected chi connectivity index (χ3v) is 5.49. The minimum Gasteiger partial charge on any atom is -0.493 e. The monoisotopic (exact) mass is 432 g/mol. The second-order valence-electron chi connectivity index (χ2n) is 6.58. The standard InChI is InChI=1S/C24H20N2O4S/c1-28-21-11-8-17(13-22(21)29-2)24-26-19(15-31-24)14-30-23(27)12-10-18-9-7-16-5-3-4-6-20(16)25-18/h3-13,15H,14H2,1-2H3/b12-10+. The van der Waals surface area contributed by atoms with Crippen molar-refractivity contribution >= 4 is 34.3 Å². The van der Waals surface area contributed by atoms with Crippen LogP contribution in [0, 0.1) is 0 Å². The molecular formula is C24H20N2O4S. The fourth-order valence-corrected chi connectivity index (χ4v) is 3.80. The second-order valence-corrected chi connectivity index (χ2v) is 7.44. The fraction of sp³-hybridized carbons (Fsp3) is 0.125. The van der Waals surface area contributed by atoms with Crippen LogP contribution in [0.2, 0.25) is 0 Å². The molecule has 2 heterocycles. The molecule has 4 rings (SSSR count). The van der Waals surface area contributed by atoms with Gasteiger partial charge in [0.15, 0.2) is 11.5 Å². The van der Waals surface area contributed by atoms with E-state index in [1.54, 1.807) is 20.3 Å². The molecule has 0 amide bonds. The van der Waals surface area contributed by atoms with Gasteiger partial charge in [-0.3, -0.25) is 0 Å². The molecule has 0 spiro atoms. The van der Waals surface area contributed by atoms with Crippen LogP contribution in [0.15, 0.2) is 66.1 Å². The van der Waals surface area contributed by atoms with Crippen molar-refractivity contribution in [2.75, 3.05) is 14.2 Å². The Balaban J connectivity index is 1.37. The van der Waals surface area contributed by atoms with Crippen molar-refractivity contribution in [3.63, 3.8) is 0 Å². The number of ether oxygens (including phenoxy) is 3. The Morgan fingerprint density at radius 3 is 2.68 bits per heavy atom. The summed E-state index contributed by atoms with van der Waals surface area (Å²) in [5.74, 6) is 0.843. The van der Waals surface area contributed by atoms with Gasteiger partial charge >= 0.3 is 5.97 Å². The Morgan fingerprint density at radius 2 is 1.84 bits per heavy atom. The quantitative estimate of drug-likeness (QED) is 0.298. The van der Waals surface area contributed by atoms with E-state index in [2.05, 4.69) is 9.97 Å². The molecule has 4 aromatic rings. The summed E-state index contributed by atoms with van der Waals surface area (Å²) in [5.41, 5.74) is 3.16. The minimum atomic E-state index is -0.448. The zero-order valence-corrected chi connectivity index (χ0v) is 17.9. The van der Waals surface area contributed by atoms with E-state index in [-0.39, 0.29) is 6.61 Å². The molecule has 0 bridgehead atoms. The maximum atomic E-state index is 12.1. The number of esters is 1. The first-order valence-electron chi connectivity index (χ1n) is 9.53. The summed E-state index contributed by atoms with van der Waals surface area (Å²) < 4.78 is 15.9. The van der Waals surface area contributed by atoms with Crippen molar-refractivity contribution in [1.29, 1.82) is 0 Å². The lowest BCUT2D eigenvalue weighted by atomic mass is 10.2. The molecule has 0 N–H and O–H groups in total. The highest BCUT2D eigenvalue weighted by Gasteiger charge is 2.10. The lowest BCUT2D eigenvalue weighted by Crippen LogP contribution is -2.01. The highest BCUT2D eigenvalue weighted by atomic mass is 32.1. The average molecular weight is 433 g/mol. The van der Waals surface area contributed by atoms with E-state index >= 15 is 0 Å². The number of methoxy groups -OCH3 is 2. The van der Waals surface area contributed by atoms with Crippen molar-refractivity contribution in [1.82, 2.24) is 9.97 Å². The number of carbonyl (C=O) groups excluding carboxylic acids is 1. The Kier molecular flexibility index (Phi) is 6.24. The highest BCUT2D eigenvalue weighted by Crippen LogP contribution is 2.33. The molecule has 7 heteroatoms. The van der Waals surface area contributed by atoms with Crippen LogP contribution in [0.1, 0.15) is 11.4 Å². The number of carbonyl (C=O) groups is 1. The summed E-state index contributed by atoms with van der Waals surface area (Å²) in [7, 11) is 3.19.